The highest BCUT2D eigenvalue weighted by atomic mass is 16.5. The summed E-state index contributed by atoms with van der Waals surface area (Å²) in [4.78, 5) is 16.1. The summed E-state index contributed by atoms with van der Waals surface area (Å²) in [6.07, 6.45) is 2.99. The minimum Gasteiger partial charge on any atom is -0.494 e. The molecule has 0 aliphatic carbocycles. The minimum absolute atomic E-state index is 0.0461. The van der Waals surface area contributed by atoms with Crippen LogP contribution < -0.4 is 14.8 Å². The Bertz CT molecular complexity index is 680. The maximum Gasteiger partial charge on any atom is 0.259 e. The maximum absolute atomic E-state index is 12.2. The van der Waals surface area contributed by atoms with Crippen molar-refractivity contribution in [2.24, 2.45) is 0 Å². The first-order valence-electron chi connectivity index (χ1n) is 6.13. The SMILES string of the molecule is COc1cnccc1C(=O)Nc1cccc(OCC#N)c1. The first kappa shape index (κ1) is 14.3. The number of anilines is 1. The number of nitrogens with one attached hydrogen (secondary N) is 1. The van der Waals surface area contributed by atoms with Crippen molar-refractivity contribution in [2.45, 2.75) is 0 Å². The molecule has 0 bridgehead atoms. The smallest absolute Gasteiger partial charge is 0.259 e. The van der Waals surface area contributed by atoms with E-state index in [1.807, 2.05) is 6.07 Å². The lowest BCUT2D eigenvalue weighted by molar-refractivity contribution is 0.102. The first-order valence-corrected chi connectivity index (χ1v) is 6.13. The Kier molecular flexibility index (Phi) is 4.72. The van der Waals surface area contributed by atoms with E-state index in [2.05, 4.69) is 10.3 Å². The summed E-state index contributed by atoms with van der Waals surface area (Å²) >= 11 is 0. The van der Waals surface area contributed by atoms with Crippen LogP contribution in [0.2, 0.25) is 0 Å². The second kappa shape index (κ2) is 6.91. The maximum atomic E-state index is 12.2. The van der Waals surface area contributed by atoms with Gasteiger partial charge in [-0.1, -0.05) is 6.07 Å². The minimum atomic E-state index is -0.313. The Hall–Kier alpha value is -3.07. The fourth-order valence-electron chi connectivity index (χ4n) is 1.71. The van der Waals surface area contributed by atoms with Crippen LogP contribution in [0.25, 0.3) is 0 Å². The largest absolute Gasteiger partial charge is 0.494 e. The van der Waals surface area contributed by atoms with E-state index in [-0.39, 0.29) is 12.5 Å². The summed E-state index contributed by atoms with van der Waals surface area (Å²) in [6.45, 7) is -0.0461. The molecule has 0 fully saturated rings. The van der Waals surface area contributed by atoms with Gasteiger partial charge in [-0.05, 0) is 18.2 Å². The lowest BCUT2D eigenvalue weighted by Gasteiger charge is -2.09. The van der Waals surface area contributed by atoms with E-state index in [4.69, 9.17) is 14.7 Å². The van der Waals surface area contributed by atoms with E-state index in [9.17, 15) is 4.79 Å². The van der Waals surface area contributed by atoms with Crippen LogP contribution in [0.5, 0.6) is 11.5 Å². The molecule has 0 radical (unpaired) electrons. The molecule has 1 heterocycles. The van der Waals surface area contributed by atoms with E-state index >= 15 is 0 Å². The molecule has 1 amide bonds. The summed E-state index contributed by atoms with van der Waals surface area (Å²) in [5.41, 5.74) is 0.949. The third kappa shape index (κ3) is 3.70. The van der Waals surface area contributed by atoms with Crippen LogP contribution in [-0.4, -0.2) is 24.6 Å². The Labute approximate surface area is 121 Å². The Morgan fingerprint density at radius 3 is 3.05 bits per heavy atom. The van der Waals surface area contributed by atoms with Gasteiger partial charge in [-0.15, -0.1) is 0 Å². The van der Waals surface area contributed by atoms with Crippen molar-refractivity contribution in [3.63, 3.8) is 0 Å². The number of hydrogen-bond acceptors (Lipinski definition) is 5. The Balaban J connectivity index is 2.14. The molecular weight excluding hydrogens is 270 g/mol. The monoisotopic (exact) mass is 283 g/mol. The number of nitrogens with zero attached hydrogens (tertiary/aromatic N) is 2. The molecular formula is C15H13N3O3. The summed E-state index contributed by atoms with van der Waals surface area (Å²) in [6, 6.07) is 10.3. The lowest BCUT2D eigenvalue weighted by atomic mass is 10.2. The second-order valence-corrected chi connectivity index (χ2v) is 4.00. The molecule has 6 nitrogen and oxygen atoms in total. The molecule has 0 aliphatic heterocycles. The fraction of sp³-hybridized carbons (Fsp3) is 0.133. The van der Waals surface area contributed by atoms with Gasteiger partial charge in [0.25, 0.3) is 5.91 Å². The second-order valence-electron chi connectivity index (χ2n) is 4.00. The first-order chi connectivity index (χ1) is 10.2. The number of aromatic nitrogens is 1. The van der Waals surface area contributed by atoms with E-state index < -0.39 is 0 Å². The van der Waals surface area contributed by atoms with E-state index in [1.54, 1.807) is 30.3 Å². The highest BCUT2D eigenvalue weighted by molar-refractivity contribution is 6.06. The van der Waals surface area contributed by atoms with Gasteiger partial charge in [-0.3, -0.25) is 9.78 Å². The van der Waals surface area contributed by atoms with Gasteiger partial charge >= 0.3 is 0 Å². The van der Waals surface area contributed by atoms with Crippen LogP contribution in [0, 0.1) is 11.3 Å². The van der Waals surface area contributed by atoms with Crippen molar-refractivity contribution in [3.8, 4) is 17.6 Å². The number of methoxy groups -OCH3 is 1. The number of carbonyl (C=O) groups excluding carboxylic acids is 1. The molecule has 0 spiro atoms. The van der Waals surface area contributed by atoms with Gasteiger partial charge in [0.2, 0.25) is 0 Å². The number of benzene rings is 1. The molecule has 21 heavy (non-hydrogen) atoms. The molecule has 1 N–H and O–H groups in total. The fourth-order valence-corrected chi connectivity index (χ4v) is 1.71. The van der Waals surface area contributed by atoms with Crippen LogP contribution in [-0.2, 0) is 0 Å². The van der Waals surface area contributed by atoms with Gasteiger partial charge in [0, 0.05) is 18.0 Å². The average Bonchev–Trinajstić information content (AvgIpc) is 2.53. The van der Waals surface area contributed by atoms with Crippen molar-refractivity contribution in [3.05, 3.63) is 48.3 Å². The van der Waals surface area contributed by atoms with Gasteiger partial charge in [0.05, 0.1) is 18.9 Å². The average molecular weight is 283 g/mol. The molecule has 1 aromatic carbocycles. The number of ether oxygens (including phenoxy) is 2. The third-order valence-electron chi connectivity index (χ3n) is 2.64. The molecule has 0 saturated carbocycles. The zero-order chi connectivity index (χ0) is 15.1. The standard InChI is InChI=1S/C15H13N3O3/c1-20-14-10-17-7-5-13(14)15(19)18-11-3-2-4-12(9-11)21-8-6-16/h2-5,7,9-10H,8H2,1H3,(H,18,19). The third-order valence-corrected chi connectivity index (χ3v) is 2.64. The predicted molar refractivity (Wildman–Crippen MR) is 76.3 cm³/mol. The van der Waals surface area contributed by atoms with Crippen LogP contribution in [0.1, 0.15) is 10.4 Å². The Morgan fingerprint density at radius 1 is 1.43 bits per heavy atom. The van der Waals surface area contributed by atoms with Crippen LogP contribution in [0.3, 0.4) is 0 Å². The van der Waals surface area contributed by atoms with Gasteiger partial charge in [0.1, 0.15) is 17.6 Å². The number of amides is 1. The molecule has 106 valence electrons. The highest BCUT2D eigenvalue weighted by Gasteiger charge is 2.12. The van der Waals surface area contributed by atoms with Crippen molar-refractivity contribution >= 4 is 11.6 Å². The van der Waals surface area contributed by atoms with Gasteiger partial charge in [-0.2, -0.15) is 5.26 Å². The Morgan fingerprint density at radius 2 is 2.29 bits per heavy atom. The zero-order valence-corrected chi connectivity index (χ0v) is 11.4. The molecule has 0 aliphatic rings. The normalized spacial score (nSPS) is 9.52. The lowest BCUT2D eigenvalue weighted by Crippen LogP contribution is -2.13. The van der Waals surface area contributed by atoms with Crippen molar-refractivity contribution in [2.75, 3.05) is 19.0 Å². The van der Waals surface area contributed by atoms with Crippen LogP contribution >= 0.6 is 0 Å². The van der Waals surface area contributed by atoms with Crippen molar-refractivity contribution < 1.29 is 14.3 Å². The van der Waals surface area contributed by atoms with E-state index in [0.29, 0.717) is 22.7 Å². The number of nitriles is 1. The summed E-state index contributed by atoms with van der Waals surface area (Å²) in [5, 5.41) is 11.2. The summed E-state index contributed by atoms with van der Waals surface area (Å²) in [5.74, 6) is 0.592. The van der Waals surface area contributed by atoms with E-state index in [0.717, 1.165) is 0 Å². The van der Waals surface area contributed by atoms with Gasteiger partial charge in [0.15, 0.2) is 6.61 Å². The molecule has 2 aromatic rings. The summed E-state index contributed by atoms with van der Waals surface area (Å²) < 4.78 is 10.3. The molecule has 0 atom stereocenters. The predicted octanol–water partition coefficient (Wildman–Crippen LogP) is 2.24. The van der Waals surface area contributed by atoms with E-state index in [1.165, 1.54) is 19.5 Å². The van der Waals surface area contributed by atoms with Crippen molar-refractivity contribution in [1.82, 2.24) is 4.98 Å². The van der Waals surface area contributed by atoms with Gasteiger partial charge < -0.3 is 14.8 Å². The quantitative estimate of drug-likeness (QED) is 0.909. The van der Waals surface area contributed by atoms with Crippen LogP contribution in [0.15, 0.2) is 42.7 Å². The molecule has 0 unspecified atom stereocenters. The summed E-state index contributed by atoms with van der Waals surface area (Å²) in [7, 11) is 1.48. The highest BCUT2D eigenvalue weighted by Crippen LogP contribution is 2.20. The number of carbonyl (C=O) groups is 1. The van der Waals surface area contributed by atoms with Crippen molar-refractivity contribution in [1.29, 1.82) is 5.26 Å². The number of hydrogen-bond donors (Lipinski definition) is 1. The van der Waals surface area contributed by atoms with Crippen LogP contribution in [0.4, 0.5) is 5.69 Å². The topological polar surface area (TPSA) is 84.2 Å². The molecule has 2 rings (SSSR count). The zero-order valence-electron chi connectivity index (χ0n) is 11.4. The number of pyridine rings is 1. The molecule has 1 aromatic heterocycles. The van der Waals surface area contributed by atoms with Gasteiger partial charge in [-0.25, -0.2) is 0 Å². The number of rotatable bonds is 5. The molecule has 6 heteroatoms. The molecule has 0 saturated heterocycles.